The van der Waals surface area contributed by atoms with Gasteiger partial charge in [0, 0.05) is 24.7 Å². The molecule has 126 valence electrons. The summed E-state index contributed by atoms with van der Waals surface area (Å²) in [7, 11) is 0. The van der Waals surface area contributed by atoms with Crippen molar-refractivity contribution in [3.8, 4) is 0 Å². The lowest BCUT2D eigenvalue weighted by atomic mass is 10.1. The second kappa shape index (κ2) is 7.71. The van der Waals surface area contributed by atoms with E-state index in [-0.39, 0.29) is 5.56 Å². The SMILES string of the molecule is O=C(c1cc(F)cc(F)c1)N(Cc1ccccc1)Cc1ccccc1. The molecule has 2 nitrogen and oxygen atoms in total. The normalized spacial score (nSPS) is 10.5. The van der Waals surface area contributed by atoms with Crippen LogP contribution in [0.15, 0.2) is 78.9 Å². The molecule has 0 aliphatic rings. The monoisotopic (exact) mass is 337 g/mol. The van der Waals surface area contributed by atoms with Gasteiger partial charge >= 0.3 is 0 Å². The summed E-state index contributed by atoms with van der Waals surface area (Å²) in [5.74, 6) is -1.93. The topological polar surface area (TPSA) is 20.3 Å². The molecule has 4 heteroatoms. The number of rotatable bonds is 5. The fraction of sp³-hybridized carbons (Fsp3) is 0.0952. The van der Waals surface area contributed by atoms with E-state index in [0.717, 1.165) is 29.3 Å². The molecule has 0 fully saturated rings. The van der Waals surface area contributed by atoms with Crippen LogP contribution >= 0.6 is 0 Å². The van der Waals surface area contributed by atoms with Crippen molar-refractivity contribution in [3.05, 3.63) is 107 Å². The fourth-order valence-corrected chi connectivity index (χ4v) is 2.67. The average molecular weight is 337 g/mol. The van der Waals surface area contributed by atoms with Crippen LogP contribution in [0.1, 0.15) is 21.5 Å². The number of hydrogen-bond acceptors (Lipinski definition) is 1. The molecular formula is C21H17F2NO. The predicted octanol–water partition coefficient (Wildman–Crippen LogP) is 4.81. The van der Waals surface area contributed by atoms with Gasteiger partial charge in [0.2, 0.25) is 0 Å². The number of halogens is 2. The van der Waals surface area contributed by atoms with Crippen molar-refractivity contribution in [2.75, 3.05) is 0 Å². The van der Waals surface area contributed by atoms with Gasteiger partial charge in [-0.05, 0) is 23.3 Å². The molecule has 3 rings (SSSR count). The molecule has 0 bridgehead atoms. The van der Waals surface area contributed by atoms with E-state index in [1.54, 1.807) is 4.90 Å². The maximum Gasteiger partial charge on any atom is 0.254 e. The number of carbonyl (C=O) groups is 1. The number of nitrogens with zero attached hydrogens (tertiary/aromatic N) is 1. The minimum absolute atomic E-state index is 0.00404. The predicted molar refractivity (Wildman–Crippen MR) is 92.8 cm³/mol. The third kappa shape index (κ3) is 4.51. The van der Waals surface area contributed by atoms with Crippen molar-refractivity contribution in [3.63, 3.8) is 0 Å². The van der Waals surface area contributed by atoms with Crippen molar-refractivity contribution in [2.45, 2.75) is 13.1 Å². The van der Waals surface area contributed by atoms with Gasteiger partial charge in [-0.2, -0.15) is 0 Å². The van der Waals surface area contributed by atoms with E-state index in [4.69, 9.17) is 0 Å². The zero-order valence-electron chi connectivity index (χ0n) is 13.5. The van der Waals surface area contributed by atoms with Gasteiger partial charge in [0.1, 0.15) is 11.6 Å². The summed E-state index contributed by atoms with van der Waals surface area (Å²) in [4.78, 5) is 14.4. The highest BCUT2D eigenvalue weighted by atomic mass is 19.1. The molecule has 0 radical (unpaired) electrons. The number of amides is 1. The third-order valence-electron chi connectivity index (χ3n) is 3.83. The van der Waals surface area contributed by atoms with E-state index in [9.17, 15) is 13.6 Å². The summed E-state index contributed by atoms with van der Waals surface area (Å²) in [6.45, 7) is 0.708. The lowest BCUT2D eigenvalue weighted by Gasteiger charge is -2.23. The lowest BCUT2D eigenvalue weighted by Crippen LogP contribution is -2.30. The molecular weight excluding hydrogens is 320 g/mol. The highest BCUT2D eigenvalue weighted by Gasteiger charge is 2.18. The van der Waals surface area contributed by atoms with Crippen LogP contribution < -0.4 is 0 Å². The van der Waals surface area contributed by atoms with Crippen LogP contribution in [0.2, 0.25) is 0 Å². The summed E-state index contributed by atoms with van der Waals surface area (Å²) in [5.41, 5.74) is 1.90. The largest absolute Gasteiger partial charge is 0.330 e. The van der Waals surface area contributed by atoms with Gasteiger partial charge in [0.25, 0.3) is 5.91 Å². The van der Waals surface area contributed by atoms with Crippen molar-refractivity contribution in [1.82, 2.24) is 4.90 Å². The summed E-state index contributed by atoms with van der Waals surface area (Å²) < 4.78 is 27.0. The van der Waals surface area contributed by atoms with Crippen molar-refractivity contribution in [2.24, 2.45) is 0 Å². The Morgan fingerprint density at radius 3 is 1.60 bits per heavy atom. The van der Waals surface area contributed by atoms with Gasteiger partial charge in [-0.25, -0.2) is 8.78 Å². The van der Waals surface area contributed by atoms with E-state index >= 15 is 0 Å². The molecule has 25 heavy (non-hydrogen) atoms. The van der Waals surface area contributed by atoms with Crippen molar-refractivity contribution < 1.29 is 13.6 Å². The van der Waals surface area contributed by atoms with Crippen molar-refractivity contribution in [1.29, 1.82) is 0 Å². The Morgan fingerprint density at radius 1 is 0.720 bits per heavy atom. The summed E-state index contributed by atoms with van der Waals surface area (Å²) >= 11 is 0. The molecule has 0 unspecified atom stereocenters. The summed E-state index contributed by atoms with van der Waals surface area (Å²) in [5, 5.41) is 0. The Kier molecular flexibility index (Phi) is 5.19. The molecule has 0 atom stereocenters. The Labute approximate surface area is 145 Å². The quantitative estimate of drug-likeness (QED) is 0.654. The zero-order valence-corrected chi connectivity index (χ0v) is 13.5. The third-order valence-corrected chi connectivity index (χ3v) is 3.83. The summed E-state index contributed by atoms with van der Waals surface area (Å²) in [6, 6.07) is 21.9. The first-order valence-electron chi connectivity index (χ1n) is 7.95. The van der Waals surface area contributed by atoms with Crippen LogP contribution in [0, 0.1) is 11.6 Å². The molecule has 0 spiro atoms. The second-order valence-electron chi connectivity index (χ2n) is 5.79. The Morgan fingerprint density at radius 2 is 1.16 bits per heavy atom. The van der Waals surface area contributed by atoms with Gasteiger partial charge in [0.05, 0.1) is 0 Å². The standard InChI is InChI=1S/C21H17F2NO/c22-19-11-18(12-20(23)13-19)21(25)24(14-16-7-3-1-4-8-16)15-17-9-5-2-6-10-17/h1-13H,14-15H2. The molecule has 0 saturated heterocycles. The van der Waals surface area contributed by atoms with Crippen LogP contribution in [0.25, 0.3) is 0 Å². The second-order valence-corrected chi connectivity index (χ2v) is 5.79. The van der Waals surface area contributed by atoms with Crippen LogP contribution in [0.4, 0.5) is 8.78 Å². The summed E-state index contributed by atoms with van der Waals surface area (Å²) in [6.07, 6.45) is 0. The van der Waals surface area contributed by atoms with Gasteiger partial charge in [-0.3, -0.25) is 4.79 Å². The molecule has 3 aromatic carbocycles. The zero-order chi connectivity index (χ0) is 17.6. The first kappa shape index (κ1) is 16.8. The smallest absolute Gasteiger partial charge is 0.254 e. The molecule has 0 aromatic heterocycles. The highest BCUT2D eigenvalue weighted by Crippen LogP contribution is 2.16. The van der Waals surface area contributed by atoms with Crippen LogP contribution in [0.5, 0.6) is 0 Å². The molecule has 3 aromatic rings. The molecule has 0 N–H and O–H groups in total. The van der Waals surface area contributed by atoms with E-state index in [2.05, 4.69) is 0 Å². The van der Waals surface area contributed by atoms with Gasteiger partial charge in [0.15, 0.2) is 0 Å². The Balaban J connectivity index is 1.90. The minimum Gasteiger partial charge on any atom is -0.330 e. The number of carbonyl (C=O) groups excluding carboxylic acids is 1. The lowest BCUT2D eigenvalue weighted by molar-refractivity contribution is 0.0729. The Hall–Kier alpha value is -3.01. The molecule has 0 aliphatic heterocycles. The van der Waals surface area contributed by atoms with E-state index in [1.165, 1.54) is 0 Å². The number of hydrogen-bond donors (Lipinski definition) is 0. The van der Waals surface area contributed by atoms with Crippen LogP contribution in [0.3, 0.4) is 0 Å². The van der Waals surface area contributed by atoms with E-state index in [0.29, 0.717) is 13.1 Å². The van der Waals surface area contributed by atoms with Gasteiger partial charge in [-0.15, -0.1) is 0 Å². The van der Waals surface area contributed by atoms with E-state index < -0.39 is 17.5 Å². The fourth-order valence-electron chi connectivity index (χ4n) is 2.67. The van der Waals surface area contributed by atoms with Crippen LogP contribution in [-0.4, -0.2) is 10.8 Å². The van der Waals surface area contributed by atoms with Gasteiger partial charge in [-0.1, -0.05) is 60.7 Å². The molecule has 0 heterocycles. The minimum atomic E-state index is -0.761. The first-order valence-corrected chi connectivity index (χ1v) is 7.95. The van der Waals surface area contributed by atoms with Crippen LogP contribution in [-0.2, 0) is 13.1 Å². The Bertz CT molecular complexity index is 789. The highest BCUT2D eigenvalue weighted by molar-refractivity contribution is 5.94. The maximum absolute atomic E-state index is 13.5. The van der Waals surface area contributed by atoms with E-state index in [1.807, 2.05) is 60.7 Å². The maximum atomic E-state index is 13.5. The average Bonchev–Trinajstić information content (AvgIpc) is 2.61. The molecule has 1 amide bonds. The molecule has 0 saturated carbocycles. The number of benzene rings is 3. The molecule has 0 aliphatic carbocycles. The van der Waals surface area contributed by atoms with Gasteiger partial charge < -0.3 is 4.90 Å². The van der Waals surface area contributed by atoms with Crippen molar-refractivity contribution >= 4 is 5.91 Å². The first-order chi connectivity index (χ1) is 12.1.